The van der Waals surface area contributed by atoms with Crippen molar-refractivity contribution in [2.75, 3.05) is 5.33 Å². The molecule has 3 aromatic carbocycles. The van der Waals surface area contributed by atoms with Crippen molar-refractivity contribution in [1.82, 2.24) is 0 Å². The summed E-state index contributed by atoms with van der Waals surface area (Å²) >= 11 is 3.56. The van der Waals surface area contributed by atoms with Crippen molar-refractivity contribution in [3.05, 3.63) is 72.3 Å². The fraction of sp³-hybridized carbons (Fsp3) is 0.111. The first-order valence-corrected chi connectivity index (χ1v) is 7.64. The molecule has 0 aromatic heterocycles. The predicted molar refractivity (Wildman–Crippen MR) is 86.9 cm³/mol. The Labute approximate surface area is 122 Å². The molecule has 0 bridgehead atoms. The van der Waals surface area contributed by atoms with Gasteiger partial charge in [0.1, 0.15) is 0 Å². The Balaban J connectivity index is 2.32. The second-order valence-corrected chi connectivity index (χ2v) is 5.42. The summed E-state index contributed by atoms with van der Waals surface area (Å²) in [5.41, 5.74) is 4.08. The topological polar surface area (TPSA) is 0 Å². The van der Waals surface area contributed by atoms with Crippen LogP contribution in [0, 0.1) is 0 Å². The third-order valence-corrected chi connectivity index (χ3v) is 3.84. The molecule has 0 aliphatic heterocycles. The summed E-state index contributed by atoms with van der Waals surface area (Å²) in [5, 5.41) is 3.64. The van der Waals surface area contributed by atoms with E-state index in [0.29, 0.717) is 0 Å². The van der Waals surface area contributed by atoms with Crippen LogP contribution in [0.4, 0.5) is 0 Å². The van der Waals surface area contributed by atoms with Crippen LogP contribution in [0.25, 0.3) is 21.9 Å². The molecule has 94 valence electrons. The van der Waals surface area contributed by atoms with E-state index >= 15 is 0 Å². The molecule has 19 heavy (non-hydrogen) atoms. The van der Waals surface area contributed by atoms with Crippen LogP contribution in [0.5, 0.6) is 0 Å². The van der Waals surface area contributed by atoms with Crippen LogP contribution in [-0.4, -0.2) is 5.33 Å². The van der Waals surface area contributed by atoms with E-state index in [1.807, 2.05) is 0 Å². The molecule has 0 amide bonds. The average molecular weight is 311 g/mol. The van der Waals surface area contributed by atoms with E-state index in [2.05, 4.69) is 82.7 Å². The fourth-order valence-electron chi connectivity index (χ4n) is 2.57. The summed E-state index contributed by atoms with van der Waals surface area (Å²) in [6, 6.07) is 23.8. The average Bonchev–Trinajstić information content (AvgIpc) is 2.48. The van der Waals surface area contributed by atoms with Crippen molar-refractivity contribution >= 4 is 26.7 Å². The van der Waals surface area contributed by atoms with E-state index in [4.69, 9.17) is 0 Å². The second kappa shape index (κ2) is 5.58. The molecule has 0 aliphatic rings. The minimum Gasteiger partial charge on any atom is -0.0924 e. The lowest BCUT2D eigenvalue weighted by atomic mass is 9.92. The van der Waals surface area contributed by atoms with Crippen molar-refractivity contribution < 1.29 is 0 Å². The van der Waals surface area contributed by atoms with Crippen molar-refractivity contribution in [1.29, 1.82) is 0 Å². The van der Waals surface area contributed by atoms with Gasteiger partial charge in [-0.15, -0.1) is 0 Å². The Hall–Kier alpha value is -1.60. The summed E-state index contributed by atoms with van der Waals surface area (Å²) in [6.07, 6.45) is 1.05. The van der Waals surface area contributed by atoms with Crippen LogP contribution in [0.2, 0.25) is 0 Å². The van der Waals surface area contributed by atoms with Gasteiger partial charge in [-0.05, 0) is 33.9 Å². The summed E-state index contributed by atoms with van der Waals surface area (Å²) in [5.74, 6) is 0. The van der Waals surface area contributed by atoms with Gasteiger partial charge < -0.3 is 0 Å². The van der Waals surface area contributed by atoms with Crippen LogP contribution in [-0.2, 0) is 6.42 Å². The smallest absolute Gasteiger partial charge is 0.00720 e. The first-order chi connectivity index (χ1) is 9.40. The molecule has 0 N–H and O–H groups in total. The lowest BCUT2D eigenvalue weighted by molar-refractivity contribution is 1.18. The number of hydrogen-bond donors (Lipinski definition) is 0. The van der Waals surface area contributed by atoms with Crippen molar-refractivity contribution in [2.24, 2.45) is 0 Å². The molecule has 0 nitrogen and oxygen atoms in total. The largest absolute Gasteiger partial charge is 0.0924 e. The van der Waals surface area contributed by atoms with E-state index in [-0.39, 0.29) is 0 Å². The van der Waals surface area contributed by atoms with Gasteiger partial charge in [-0.25, -0.2) is 0 Å². The summed E-state index contributed by atoms with van der Waals surface area (Å²) in [7, 11) is 0. The predicted octanol–water partition coefficient (Wildman–Crippen LogP) is 5.44. The molecule has 0 atom stereocenters. The quantitative estimate of drug-likeness (QED) is 0.565. The molecular formula is C18H15Br. The summed E-state index contributed by atoms with van der Waals surface area (Å²) < 4.78 is 0. The Bertz CT molecular complexity index is 686. The Morgan fingerprint density at radius 3 is 2.26 bits per heavy atom. The molecule has 0 saturated heterocycles. The number of halogens is 1. The molecule has 0 radical (unpaired) electrons. The van der Waals surface area contributed by atoms with Crippen molar-refractivity contribution in [3.63, 3.8) is 0 Å². The van der Waals surface area contributed by atoms with Gasteiger partial charge in [0.25, 0.3) is 0 Å². The molecule has 0 aliphatic carbocycles. The SMILES string of the molecule is BrCCc1ccc2ccccc2c1-c1ccccc1. The Morgan fingerprint density at radius 2 is 1.47 bits per heavy atom. The molecule has 0 unspecified atom stereocenters. The minimum absolute atomic E-state index is 0.991. The van der Waals surface area contributed by atoms with Gasteiger partial charge in [0.05, 0.1) is 0 Å². The van der Waals surface area contributed by atoms with Gasteiger partial charge in [-0.1, -0.05) is 82.7 Å². The normalized spacial score (nSPS) is 10.8. The first kappa shape index (κ1) is 12.4. The second-order valence-electron chi connectivity index (χ2n) is 4.63. The van der Waals surface area contributed by atoms with Crippen molar-refractivity contribution in [2.45, 2.75) is 6.42 Å². The van der Waals surface area contributed by atoms with Gasteiger partial charge in [-0.3, -0.25) is 0 Å². The van der Waals surface area contributed by atoms with Gasteiger partial charge >= 0.3 is 0 Å². The Kier molecular flexibility index (Phi) is 3.65. The third kappa shape index (κ3) is 2.43. The van der Waals surface area contributed by atoms with Gasteiger partial charge in [0.2, 0.25) is 0 Å². The number of aryl methyl sites for hydroxylation is 1. The highest BCUT2D eigenvalue weighted by Crippen LogP contribution is 2.32. The number of rotatable bonds is 3. The molecule has 0 fully saturated rings. The zero-order valence-corrected chi connectivity index (χ0v) is 12.2. The van der Waals surface area contributed by atoms with Crippen molar-refractivity contribution in [3.8, 4) is 11.1 Å². The lowest BCUT2D eigenvalue weighted by Crippen LogP contribution is -1.92. The maximum Gasteiger partial charge on any atom is 0.00720 e. The number of fused-ring (bicyclic) bond motifs is 1. The van der Waals surface area contributed by atoms with Gasteiger partial charge in [0, 0.05) is 5.33 Å². The van der Waals surface area contributed by atoms with E-state index in [0.717, 1.165) is 11.8 Å². The van der Waals surface area contributed by atoms with Crippen LogP contribution in [0.15, 0.2) is 66.7 Å². The molecule has 0 spiro atoms. The minimum atomic E-state index is 0.991. The molecule has 0 saturated carbocycles. The highest BCUT2D eigenvalue weighted by atomic mass is 79.9. The molecule has 3 aromatic rings. The summed E-state index contributed by atoms with van der Waals surface area (Å²) in [4.78, 5) is 0. The zero-order valence-electron chi connectivity index (χ0n) is 10.6. The van der Waals surface area contributed by atoms with E-state index in [9.17, 15) is 0 Å². The fourth-order valence-corrected chi connectivity index (χ4v) is 3.00. The standard InChI is InChI=1S/C18H15Br/c19-13-12-16-11-10-14-6-4-5-9-17(14)18(16)15-7-2-1-3-8-15/h1-11H,12-13H2. The lowest BCUT2D eigenvalue weighted by Gasteiger charge is -2.13. The first-order valence-electron chi connectivity index (χ1n) is 6.52. The third-order valence-electron chi connectivity index (χ3n) is 3.44. The molecule has 1 heteroatoms. The van der Waals surface area contributed by atoms with Gasteiger partial charge in [0.15, 0.2) is 0 Å². The van der Waals surface area contributed by atoms with E-state index < -0.39 is 0 Å². The highest BCUT2D eigenvalue weighted by Gasteiger charge is 2.08. The molecule has 0 heterocycles. The van der Waals surface area contributed by atoms with Crippen LogP contribution >= 0.6 is 15.9 Å². The highest BCUT2D eigenvalue weighted by molar-refractivity contribution is 9.09. The number of benzene rings is 3. The molecular weight excluding hydrogens is 296 g/mol. The number of hydrogen-bond acceptors (Lipinski definition) is 0. The summed E-state index contributed by atoms with van der Waals surface area (Å²) in [6.45, 7) is 0. The zero-order chi connectivity index (χ0) is 13.1. The Morgan fingerprint density at radius 1 is 0.737 bits per heavy atom. The van der Waals surface area contributed by atoms with E-state index in [1.165, 1.54) is 27.5 Å². The monoisotopic (exact) mass is 310 g/mol. The maximum absolute atomic E-state index is 3.56. The van der Waals surface area contributed by atoms with Crippen LogP contribution < -0.4 is 0 Å². The number of alkyl halides is 1. The van der Waals surface area contributed by atoms with Crippen LogP contribution in [0.1, 0.15) is 5.56 Å². The van der Waals surface area contributed by atoms with Gasteiger partial charge in [-0.2, -0.15) is 0 Å². The van der Waals surface area contributed by atoms with Crippen LogP contribution in [0.3, 0.4) is 0 Å². The molecule has 3 rings (SSSR count). The maximum atomic E-state index is 3.56. The van der Waals surface area contributed by atoms with E-state index in [1.54, 1.807) is 0 Å².